The smallest absolute Gasteiger partial charge is 0.0723 e. The quantitative estimate of drug-likeness (QED) is 0.404. The number of pyridine rings is 1. The average Bonchev–Trinajstić information content (AvgIpc) is 3.31. The van der Waals surface area contributed by atoms with Crippen molar-refractivity contribution in [2.75, 3.05) is 13.1 Å². The van der Waals surface area contributed by atoms with Crippen LogP contribution in [0.1, 0.15) is 24.0 Å². The molecule has 156 valence electrons. The van der Waals surface area contributed by atoms with Gasteiger partial charge in [0.05, 0.1) is 12.1 Å². The van der Waals surface area contributed by atoms with Gasteiger partial charge >= 0.3 is 0 Å². The molecule has 1 aliphatic rings. The van der Waals surface area contributed by atoms with Crippen molar-refractivity contribution >= 4 is 22.5 Å². The maximum absolute atomic E-state index is 10.1. The van der Waals surface area contributed by atoms with Crippen LogP contribution in [0, 0.1) is 0 Å². The van der Waals surface area contributed by atoms with E-state index >= 15 is 0 Å². The van der Waals surface area contributed by atoms with Gasteiger partial charge in [0.2, 0.25) is 0 Å². The van der Waals surface area contributed by atoms with Gasteiger partial charge in [0, 0.05) is 23.2 Å². The highest BCUT2D eigenvalue weighted by molar-refractivity contribution is 6.31. The van der Waals surface area contributed by atoms with Crippen molar-refractivity contribution in [2.24, 2.45) is 0 Å². The van der Waals surface area contributed by atoms with Crippen molar-refractivity contribution < 1.29 is 5.11 Å². The Kier molecular flexibility index (Phi) is 5.73. The summed E-state index contributed by atoms with van der Waals surface area (Å²) in [6.07, 6.45) is 4.43. The number of aromatic nitrogens is 1. The van der Waals surface area contributed by atoms with Crippen LogP contribution in [0.5, 0.6) is 0 Å². The normalized spacial score (nSPS) is 14.4. The van der Waals surface area contributed by atoms with Crippen LogP contribution in [0.15, 0.2) is 72.9 Å². The van der Waals surface area contributed by atoms with E-state index in [4.69, 9.17) is 11.6 Å². The molecule has 2 heterocycles. The lowest BCUT2D eigenvalue weighted by atomic mass is 9.89. The number of fused-ring (bicyclic) bond motifs is 1. The molecule has 1 aliphatic heterocycles. The molecule has 5 rings (SSSR count). The van der Waals surface area contributed by atoms with E-state index in [1.807, 2.05) is 42.6 Å². The number of aliphatic hydroxyl groups is 1. The molecule has 0 atom stereocenters. The van der Waals surface area contributed by atoms with Crippen molar-refractivity contribution in [2.45, 2.75) is 26.0 Å². The van der Waals surface area contributed by atoms with E-state index in [1.54, 1.807) is 0 Å². The van der Waals surface area contributed by atoms with E-state index in [9.17, 15) is 5.11 Å². The van der Waals surface area contributed by atoms with Gasteiger partial charge in [-0.25, -0.2) is 0 Å². The fraction of sp³-hybridized carbons (Fsp3) is 0.222. The molecule has 0 spiro atoms. The number of benzene rings is 3. The molecular weight excluding hydrogens is 404 g/mol. The number of aliphatic hydroxyl groups excluding tert-OH is 1. The van der Waals surface area contributed by atoms with Crippen LogP contribution < -0.4 is 0 Å². The molecule has 0 unspecified atom stereocenters. The van der Waals surface area contributed by atoms with Crippen LogP contribution in [-0.2, 0) is 13.2 Å². The molecule has 0 aliphatic carbocycles. The van der Waals surface area contributed by atoms with E-state index in [0.29, 0.717) is 5.02 Å². The molecule has 0 saturated carbocycles. The first-order valence-electron chi connectivity index (χ1n) is 10.8. The summed E-state index contributed by atoms with van der Waals surface area (Å²) in [6.45, 7) is 3.38. The molecular formula is C27H25ClN2O. The SMILES string of the molecule is OCc1cccc(-c2ccnc3cc(Cl)ccc23)c1-c1ccc(CN2CCCC2)cc1. The molecule has 3 nitrogen and oxygen atoms in total. The minimum atomic E-state index is -0.00640. The summed E-state index contributed by atoms with van der Waals surface area (Å²) < 4.78 is 0. The molecule has 1 aromatic heterocycles. The molecule has 1 saturated heterocycles. The summed E-state index contributed by atoms with van der Waals surface area (Å²) in [7, 11) is 0. The Bertz CT molecular complexity index is 1210. The first-order valence-corrected chi connectivity index (χ1v) is 11.2. The van der Waals surface area contributed by atoms with Crippen molar-refractivity contribution in [3.8, 4) is 22.3 Å². The van der Waals surface area contributed by atoms with E-state index in [1.165, 1.54) is 31.5 Å². The Hall–Kier alpha value is -2.72. The number of rotatable bonds is 5. The van der Waals surface area contributed by atoms with E-state index in [2.05, 4.69) is 40.2 Å². The van der Waals surface area contributed by atoms with E-state index in [-0.39, 0.29) is 6.61 Å². The highest BCUT2D eigenvalue weighted by atomic mass is 35.5. The second kappa shape index (κ2) is 8.80. The number of hydrogen-bond donors (Lipinski definition) is 1. The Morgan fingerprint density at radius 2 is 1.71 bits per heavy atom. The molecule has 0 amide bonds. The molecule has 1 N–H and O–H groups in total. The summed E-state index contributed by atoms with van der Waals surface area (Å²) in [5.41, 5.74) is 7.48. The minimum absolute atomic E-state index is 0.00640. The van der Waals surface area contributed by atoms with Gasteiger partial charge in [-0.15, -0.1) is 0 Å². The summed E-state index contributed by atoms with van der Waals surface area (Å²) in [5.74, 6) is 0. The third-order valence-electron chi connectivity index (χ3n) is 6.16. The van der Waals surface area contributed by atoms with Crippen LogP contribution in [-0.4, -0.2) is 28.1 Å². The van der Waals surface area contributed by atoms with Crippen molar-refractivity contribution in [1.82, 2.24) is 9.88 Å². The zero-order chi connectivity index (χ0) is 21.2. The molecule has 4 aromatic rings. The number of hydrogen-bond acceptors (Lipinski definition) is 3. The topological polar surface area (TPSA) is 36.4 Å². The highest BCUT2D eigenvalue weighted by Crippen LogP contribution is 2.38. The summed E-state index contributed by atoms with van der Waals surface area (Å²) in [4.78, 5) is 7.01. The molecule has 4 heteroatoms. The van der Waals surface area contributed by atoms with Gasteiger partial charge in [-0.3, -0.25) is 9.88 Å². The third-order valence-corrected chi connectivity index (χ3v) is 6.40. The fourth-order valence-electron chi connectivity index (χ4n) is 4.63. The van der Waals surface area contributed by atoms with Gasteiger partial charge < -0.3 is 5.11 Å². The van der Waals surface area contributed by atoms with Crippen LogP contribution >= 0.6 is 11.6 Å². The number of halogens is 1. The lowest BCUT2D eigenvalue weighted by Gasteiger charge is -2.18. The van der Waals surface area contributed by atoms with Gasteiger partial charge in [-0.2, -0.15) is 0 Å². The van der Waals surface area contributed by atoms with E-state index < -0.39 is 0 Å². The molecule has 31 heavy (non-hydrogen) atoms. The van der Waals surface area contributed by atoms with Crippen molar-refractivity contribution in [3.05, 3.63) is 89.1 Å². The van der Waals surface area contributed by atoms with Gasteiger partial charge in [0.15, 0.2) is 0 Å². The lowest BCUT2D eigenvalue weighted by Crippen LogP contribution is -2.18. The first-order chi connectivity index (χ1) is 15.2. The zero-order valence-corrected chi connectivity index (χ0v) is 18.1. The summed E-state index contributed by atoms with van der Waals surface area (Å²) >= 11 is 6.19. The van der Waals surface area contributed by atoms with Crippen LogP contribution in [0.25, 0.3) is 33.2 Å². The third kappa shape index (κ3) is 4.09. The lowest BCUT2D eigenvalue weighted by molar-refractivity contribution is 0.282. The van der Waals surface area contributed by atoms with Crippen molar-refractivity contribution in [3.63, 3.8) is 0 Å². The largest absolute Gasteiger partial charge is 0.392 e. The van der Waals surface area contributed by atoms with Crippen LogP contribution in [0.2, 0.25) is 5.02 Å². The molecule has 0 bridgehead atoms. The predicted octanol–water partition coefficient (Wildman–Crippen LogP) is 6.31. The standard InChI is InChI=1S/C27H25ClN2O/c28-22-10-11-24-23(12-13-29-26(24)16-22)25-5-3-4-21(18-31)27(25)20-8-6-19(7-9-20)17-30-14-1-2-15-30/h3-13,16,31H,1-2,14-15,17-18H2. The fourth-order valence-corrected chi connectivity index (χ4v) is 4.80. The Labute approximate surface area is 187 Å². The van der Waals surface area contributed by atoms with Crippen molar-refractivity contribution in [1.29, 1.82) is 0 Å². The Morgan fingerprint density at radius 3 is 2.48 bits per heavy atom. The number of likely N-dealkylation sites (tertiary alicyclic amines) is 1. The minimum Gasteiger partial charge on any atom is -0.392 e. The monoisotopic (exact) mass is 428 g/mol. The Balaban J connectivity index is 1.60. The van der Waals surface area contributed by atoms with Gasteiger partial charge in [-0.05, 0) is 77.5 Å². The zero-order valence-electron chi connectivity index (χ0n) is 17.4. The highest BCUT2D eigenvalue weighted by Gasteiger charge is 2.16. The summed E-state index contributed by atoms with van der Waals surface area (Å²) in [5, 5.41) is 11.8. The van der Waals surface area contributed by atoms with Crippen LogP contribution in [0.3, 0.4) is 0 Å². The maximum Gasteiger partial charge on any atom is 0.0723 e. The predicted molar refractivity (Wildman–Crippen MR) is 128 cm³/mol. The Morgan fingerprint density at radius 1 is 0.903 bits per heavy atom. The summed E-state index contributed by atoms with van der Waals surface area (Å²) in [6, 6.07) is 22.8. The first kappa shape index (κ1) is 20.2. The number of nitrogens with zero attached hydrogens (tertiary/aromatic N) is 2. The van der Waals surface area contributed by atoms with Gasteiger partial charge in [0.1, 0.15) is 0 Å². The molecule has 0 radical (unpaired) electrons. The van der Waals surface area contributed by atoms with Crippen LogP contribution in [0.4, 0.5) is 0 Å². The molecule has 1 fully saturated rings. The maximum atomic E-state index is 10.1. The van der Waals surface area contributed by atoms with E-state index in [0.717, 1.165) is 45.3 Å². The van der Waals surface area contributed by atoms with Gasteiger partial charge in [0.25, 0.3) is 0 Å². The van der Waals surface area contributed by atoms with Gasteiger partial charge in [-0.1, -0.05) is 60.1 Å². The second-order valence-electron chi connectivity index (χ2n) is 8.20. The second-order valence-corrected chi connectivity index (χ2v) is 8.63. The average molecular weight is 429 g/mol. The molecule has 3 aromatic carbocycles.